The number of para-hydroxylation sites is 3. The van der Waals surface area contributed by atoms with E-state index in [-0.39, 0.29) is 0 Å². The van der Waals surface area contributed by atoms with Crippen LogP contribution in [0.1, 0.15) is 0 Å². The molecule has 0 radical (unpaired) electrons. The van der Waals surface area contributed by atoms with Crippen molar-refractivity contribution in [1.29, 1.82) is 0 Å². The Morgan fingerprint density at radius 2 is 0.902 bits per heavy atom. The maximum Gasteiger partial charge on any atom is 0.0619 e. The molecule has 0 unspecified atom stereocenters. The van der Waals surface area contributed by atoms with Crippen LogP contribution < -0.4 is 9.80 Å². The molecular weight excluding hydrogens is 496 g/mol. The highest BCUT2D eigenvalue weighted by atomic mass is 15.2. The van der Waals surface area contributed by atoms with E-state index < -0.39 is 0 Å². The molecule has 196 valence electrons. The maximum absolute atomic E-state index is 5.41. The van der Waals surface area contributed by atoms with Crippen molar-refractivity contribution in [2.24, 2.45) is 0 Å². The Labute approximate surface area is 242 Å². The zero-order valence-electron chi connectivity index (χ0n) is 22.8. The molecule has 0 fully saturated rings. The van der Waals surface area contributed by atoms with Gasteiger partial charge in [0.2, 0.25) is 0 Å². The van der Waals surface area contributed by atoms with Gasteiger partial charge in [-0.15, -0.1) is 6.42 Å². The number of hydrogen-bond donors (Lipinski definition) is 0. The molecule has 0 amide bonds. The van der Waals surface area contributed by atoms with Crippen LogP contribution in [0.4, 0.5) is 28.4 Å². The lowest BCUT2D eigenvalue weighted by Crippen LogP contribution is -2.18. The molecule has 6 rings (SSSR count). The fraction of sp³-hybridized carbons (Fsp3) is 0.0256. The van der Waals surface area contributed by atoms with Crippen molar-refractivity contribution >= 4 is 50.0 Å². The van der Waals surface area contributed by atoms with Crippen molar-refractivity contribution in [3.63, 3.8) is 0 Å². The summed E-state index contributed by atoms with van der Waals surface area (Å²) in [6.07, 6.45) is 13.2. The topological polar surface area (TPSA) is 6.48 Å². The molecule has 2 nitrogen and oxygen atoms in total. The van der Waals surface area contributed by atoms with Gasteiger partial charge in [0.15, 0.2) is 0 Å². The van der Waals surface area contributed by atoms with E-state index in [4.69, 9.17) is 6.42 Å². The number of anilines is 5. The zero-order valence-corrected chi connectivity index (χ0v) is 22.8. The second-order valence-electron chi connectivity index (χ2n) is 9.69. The van der Waals surface area contributed by atoms with E-state index in [1.54, 1.807) is 6.08 Å². The third-order valence-corrected chi connectivity index (χ3v) is 7.19. The highest BCUT2D eigenvalue weighted by Crippen LogP contribution is 2.48. The van der Waals surface area contributed by atoms with Crippen LogP contribution in [0, 0.1) is 12.3 Å². The maximum atomic E-state index is 5.41. The molecule has 6 aromatic rings. The lowest BCUT2D eigenvalue weighted by Gasteiger charge is -2.32. The van der Waals surface area contributed by atoms with E-state index in [1.807, 2.05) is 12.2 Å². The van der Waals surface area contributed by atoms with Gasteiger partial charge in [0.1, 0.15) is 0 Å². The van der Waals surface area contributed by atoms with Gasteiger partial charge in [0.25, 0.3) is 0 Å². The Balaban J connectivity index is 1.67. The van der Waals surface area contributed by atoms with Gasteiger partial charge in [0, 0.05) is 45.2 Å². The van der Waals surface area contributed by atoms with E-state index in [0.717, 1.165) is 22.7 Å². The van der Waals surface area contributed by atoms with Gasteiger partial charge in [-0.25, -0.2) is 0 Å². The Hall–Kier alpha value is -5.52. The van der Waals surface area contributed by atoms with Crippen molar-refractivity contribution in [2.75, 3.05) is 16.3 Å². The van der Waals surface area contributed by atoms with Crippen molar-refractivity contribution in [1.82, 2.24) is 0 Å². The standard InChI is InChI=1S/C39H30N2/c1-2-3-4-5-19-30-40(31-20-9-6-10-21-31)38-34-26-15-17-28-36(34)39(37-29-18-16-27-35(37)38)41(32-22-11-7-12-23-32)33-24-13-8-14-25-33/h1,3-29H,30H2. The Morgan fingerprint density at radius 1 is 0.488 bits per heavy atom. The second kappa shape index (κ2) is 12.1. The molecule has 0 bridgehead atoms. The first-order valence-corrected chi connectivity index (χ1v) is 13.8. The van der Waals surface area contributed by atoms with Crippen molar-refractivity contribution < 1.29 is 0 Å². The quantitative estimate of drug-likeness (QED) is 0.0842. The molecule has 2 heteroatoms. The summed E-state index contributed by atoms with van der Waals surface area (Å²) >= 11 is 0. The normalized spacial score (nSPS) is 11.3. The molecule has 41 heavy (non-hydrogen) atoms. The van der Waals surface area contributed by atoms with Crippen LogP contribution in [0.2, 0.25) is 0 Å². The third kappa shape index (κ3) is 5.22. The van der Waals surface area contributed by atoms with Crippen LogP contribution in [0.25, 0.3) is 21.5 Å². The summed E-state index contributed by atoms with van der Waals surface area (Å²) in [5.41, 5.74) is 5.70. The summed E-state index contributed by atoms with van der Waals surface area (Å²) in [5, 5.41) is 4.75. The summed E-state index contributed by atoms with van der Waals surface area (Å²) in [7, 11) is 0. The molecule has 0 spiro atoms. The Bertz CT molecular complexity index is 1770. The van der Waals surface area contributed by atoms with Crippen molar-refractivity contribution in [3.05, 3.63) is 164 Å². The largest absolute Gasteiger partial charge is 0.337 e. The van der Waals surface area contributed by atoms with Crippen molar-refractivity contribution in [3.8, 4) is 12.3 Å². The van der Waals surface area contributed by atoms with Gasteiger partial charge in [-0.2, -0.15) is 0 Å². The lowest BCUT2D eigenvalue weighted by molar-refractivity contribution is 1.11. The van der Waals surface area contributed by atoms with Crippen LogP contribution in [0.15, 0.2) is 164 Å². The number of allylic oxidation sites excluding steroid dienone is 3. The van der Waals surface area contributed by atoms with Gasteiger partial charge in [-0.05, 0) is 42.5 Å². The average molecular weight is 527 g/mol. The minimum Gasteiger partial charge on any atom is -0.337 e. The molecule has 0 aliphatic rings. The van der Waals surface area contributed by atoms with Gasteiger partial charge in [0.05, 0.1) is 11.4 Å². The molecule has 0 saturated carbocycles. The molecule has 0 N–H and O–H groups in total. The van der Waals surface area contributed by atoms with Gasteiger partial charge in [-0.3, -0.25) is 0 Å². The molecule has 0 aliphatic heterocycles. The number of terminal acetylenes is 1. The van der Waals surface area contributed by atoms with Crippen LogP contribution in [0.3, 0.4) is 0 Å². The van der Waals surface area contributed by atoms with E-state index in [1.165, 1.54) is 27.2 Å². The number of benzene rings is 6. The summed E-state index contributed by atoms with van der Waals surface area (Å²) in [4.78, 5) is 4.77. The first-order valence-electron chi connectivity index (χ1n) is 13.8. The van der Waals surface area contributed by atoms with E-state index in [9.17, 15) is 0 Å². The van der Waals surface area contributed by atoms with E-state index in [2.05, 4.69) is 161 Å². The molecule has 0 heterocycles. The summed E-state index contributed by atoms with van der Waals surface area (Å²) in [6.45, 7) is 0.688. The summed E-state index contributed by atoms with van der Waals surface area (Å²) < 4.78 is 0. The summed E-state index contributed by atoms with van der Waals surface area (Å²) in [5.74, 6) is 2.56. The first kappa shape index (κ1) is 25.7. The fourth-order valence-electron chi connectivity index (χ4n) is 5.47. The number of rotatable bonds is 8. The Morgan fingerprint density at radius 3 is 1.37 bits per heavy atom. The van der Waals surface area contributed by atoms with Gasteiger partial charge >= 0.3 is 0 Å². The highest BCUT2D eigenvalue weighted by Gasteiger charge is 2.23. The highest BCUT2D eigenvalue weighted by molar-refractivity contribution is 6.22. The average Bonchev–Trinajstić information content (AvgIpc) is 3.05. The fourth-order valence-corrected chi connectivity index (χ4v) is 5.47. The molecular formula is C39H30N2. The summed E-state index contributed by atoms with van der Waals surface area (Å²) in [6, 6.07) is 49.3. The molecule has 0 aliphatic carbocycles. The van der Waals surface area contributed by atoms with E-state index >= 15 is 0 Å². The number of hydrogen-bond acceptors (Lipinski definition) is 2. The second-order valence-corrected chi connectivity index (χ2v) is 9.69. The Kier molecular flexibility index (Phi) is 7.61. The lowest BCUT2D eigenvalue weighted by atomic mass is 9.95. The number of nitrogens with zero attached hydrogens (tertiary/aromatic N) is 2. The molecule has 0 atom stereocenters. The molecule has 0 saturated heterocycles. The van der Waals surface area contributed by atoms with Crippen LogP contribution in [-0.4, -0.2) is 6.54 Å². The van der Waals surface area contributed by atoms with Crippen LogP contribution in [-0.2, 0) is 0 Å². The third-order valence-electron chi connectivity index (χ3n) is 7.19. The van der Waals surface area contributed by atoms with Gasteiger partial charge in [-0.1, -0.05) is 127 Å². The van der Waals surface area contributed by atoms with Crippen molar-refractivity contribution in [2.45, 2.75) is 0 Å². The predicted molar refractivity (Wildman–Crippen MR) is 177 cm³/mol. The SMILES string of the molecule is C#CC=CC=CCN(c1ccccc1)c1c2ccccc2c(N(c2ccccc2)c2ccccc2)c2ccccc12. The van der Waals surface area contributed by atoms with Gasteiger partial charge < -0.3 is 9.80 Å². The monoisotopic (exact) mass is 526 g/mol. The van der Waals surface area contributed by atoms with Crippen LogP contribution in [0.5, 0.6) is 0 Å². The molecule has 6 aromatic carbocycles. The predicted octanol–water partition coefficient (Wildman–Crippen LogP) is 10.3. The molecule has 0 aromatic heterocycles. The van der Waals surface area contributed by atoms with E-state index in [0.29, 0.717) is 6.54 Å². The number of fused-ring (bicyclic) bond motifs is 2. The van der Waals surface area contributed by atoms with Crippen LogP contribution >= 0.6 is 0 Å². The smallest absolute Gasteiger partial charge is 0.0619 e. The first-order chi connectivity index (χ1) is 20.4. The minimum atomic E-state index is 0.688. The zero-order chi connectivity index (χ0) is 27.9. The minimum absolute atomic E-state index is 0.688.